The monoisotopic (exact) mass is 294 g/mol. The Morgan fingerprint density at radius 1 is 1.35 bits per heavy atom. The first-order valence-corrected chi connectivity index (χ1v) is 6.86. The van der Waals surface area contributed by atoms with E-state index in [4.69, 9.17) is 0 Å². The molecule has 0 aliphatic heterocycles. The van der Waals surface area contributed by atoms with E-state index in [-0.39, 0.29) is 6.61 Å². The Bertz CT molecular complexity index is 544. The van der Waals surface area contributed by atoms with E-state index in [9.17, 15) is 5.11 Å². The summed E-state index contributed by atoms with van der Waals surface area (Å²) in [6.45, 7) is 0.00662. The Hall–Kier alpha value is -0.870. The maximum Gasteiger partial charge on any atom is 0.0958 e. The summed E-state index contributed by atoms with van der Waals surface area (Å²) in [5.41, 5.74) is 1.93. The highest BCUT2D eigenvalue weighted by atomic mass is 79.9. The number of hydrogen-bond donors (Lipinski definition) is 1. The normalized spacial score (nSPS) is 17.1. The zero-order valence-corrected chi connectivity index (χ0v) is 11.2. The van der Waals surface area contributed by atoms with Gasteiger partial charge < -0.3 is 5.11 Å². The van der Waals surface area contributed by atoms with Crippen molar-refractivity contribution in [1.82, 2.24) is 9.78 Å². The second-order valence-electron chi connectivity index (χ2n) is 4.65. The molecule has 90 valence electrons. The Morgan fingerprint density at radius 2 is 2.12 bits per heavy atom. The van der Waals surface area contributed by atoms with Crippen molar-refractivity contribution in [2.75, 3.05) is 0 Å². The second-order valence-corrected chi connectivity index (χ2v) is 5.56. The van der Waals surface area contributed by atoms with Gasteiger partial charge in [-0.1, -0.05) is 28.8 Å². The second kappa shape index (κ2) is 4.42. The van der Waals surface area contributed by atoms with E-state index in [0.717, 1.165) is 21.1 Å². The maximum absolute atomic E-state index is 9.39. The summed E-state index contributed by atoms with van der Waals surface area (Å²) in [7, 11) is 0. The molecule has 3 rings (SSSR count). The van der Waals surface area contributed by atoms with E-state index in [1.54, 1.807) is 0 Å². The Kier molecular flexibility index (Phi) is 2.92. The van der Waals surface area contributed by atoms with Crippen LogP contribution >= 0.6 is 15.9 Å². The largest absolute Gasteiger partial charge is 0.390 e. The number of aromatic nitrogens is 2. The molecule has 1 heterocycles. The molecule has 3 nitrogen and oxygen atoms in total. The summed E-state index contributed by atoms with van der Waals surface area (Å²) < 4.78 is 3.14. The van der Waals surface area contributed by atoms with E-state index in [2.05, 4.69) is 31.8 Å². The minimum Gasteiger partial charge on any atom is -0.390 e. The van der Waals surface area contributed by atoms with E-state index >= 15 is 0 Å². The molecular formula is C13H15BrN2O. The van der Waals surface area contributed by atoms with Gasteiger partial charge in [0.2, 0.25) is 0 Å². The standard InChI is InChI=1S/C13H15BrN2O/c14-9-5-6-13-11(7-9)12(8-17)15-16(13)10-3-1-2-4-10/h5-7,10,17H,1-4,8H2. The molecule has 1 aliphatic carbocycles. The van der Waals surface area contributed by atoms with E-state index in [1.807, 2.05) is 12.1 Å². The number of aliphatic hydroxyl groups excluding tert-OH is 1. The van der Waals surface area contributed by atoms with Crippen LogP contribution in [0.4, 0.5) is 0 Å². The molecule has 17 heavy (non-hydrogen) atoms. The number of benzene rings is 1. The molecule has 0 bridgehead atoms. The fraction of sp³-hybridized carbons (Fsp3) is 0.462. The van der Waals surface area contributed by atoms with Gasteiger partial charge in [-0.25, -0.2) is 0 Å². The molecule has 0 saturated heterocycles. The molecule has 1 aromatic heterocycles. The summed E-state index contributed by atoms with van der Waals surface area (Å²) in [6.07, 6.45) is 4.99. The van der Waals surface area contributed by atoms with Crippen molar-refractivity contribution in [2.24, 2.45) is 0 Å². The van der Waals surface area contributed by atoms with Gasteiger partial charge in [-0.05, 0) is 31.0 Å². The van der Waals surface area contributed by atoms with Crippen molar-refractivity contribution >= 4 is 26.8 Å². The molecule has 0 radical (unpaired) electrons. The van der Waals surface area contributed by atoms with E-state index < -0.39 is 0 Å². The highest BCUT2D eigenvalue weighted by Crippen LogP contribution is 2.33. The fourth-order valence-electron chi connectivity index (χ4n) is 2.72. The van der Waals surface area contributed by atoms with E-state index in [0.29, 0.717) is 6.04 Å². The lowest BCUT2D eigenvalue weighted by Crippen LogP contribution is -2.06. The lowest BCUT2D eigenvalue weighted by Gasteiger charge is -2.10. The SMILES string of the molecule is OCc1nn(C2CCCC2)c2ccc(Br)cc12. The predicted molar refractivity (Wildman–Crippen MR) is 70.9 cm³/mol. The molecule has 1 saturated carbocycles. The summed E-state index contributed by atoms with van der Waals surface area (Å²) in [6, 6.07) is 6.68. The average Bonchev–Trinajstić information content (AvgIpc) is 2.94. The first-order valence-electron chi connectivity index (χ1n) is 6.07. The molecule has 2 aromatic rings. The third kappa shape index (κ3) is 1.89. The van der Waals surface area contributed by atoms with Gasteiger partial charge in [0.25, 0.3) is 0 Å². The van der Waals surface area contributed by atoms with Crippen LogP contribution in [0.5, 0.6) is 0 Å². The summed E-state index contributed by atoms with van der Waals surface area (Å²) in [5, 5.41) is 15.0. The molecule has 0 atom stereocenters. The molecule has 1 N–H and O–H groups in total. The Morgan fingerprint density at radius 3 is 2.82 bits per heavy atom. The summed E-state index contributed by atoms with van der Waals surface area (Å²) >= 11 is 3.47. The molecular weight excluding hydrogens is 280 g/mol. The van der Waals surface area contributed by atoms with Gasteiger partial charge in [0.05, 0.1) is 23.9 Å². The van der Waals surface area contributed by atoms with Crippen LogP contribution in [-0.4, -0.2) is 14.9 Å². The van der Waals surface area contributed by atoms with Gasteiger partial charge >= 0.3 is 0 Å². The number of hydrogen-bond acceptors (Lipinski definition) is 2. The van der Waals surface area contributed by atoms with Gasteiger partial charge in [0.15, 0.2) is 0 Å². The average molecular weight is 295 g/mol. The van der Waals surface area contributed by atoms with Crippen LogP contribution in [0.2, 0.25) is 0 Å². The number of aliphatic hydroxyl groups is 1. The lowest BCUT2D eigenvalue weighted by atomic mass is 10.2. The minimum atomic E-state index is 0.00662. The van der Waals surface area contributed by atoms with Gasteiger partial charge in [-0.2, -0.15) is 5.10 Å². The quantitative estimate of drug-likeness (QED) is 0.922. The van der Waals surface area contributed by atoms with Crippen LogP contribution in [0, 0.1) is 0 Å². The number of fused-ring (bicyclic) bond motifs is 1. The molecule has 1 aliphatic rings. The van der Waals surface area contributed by atoms with E-state index in [1.165, 1.54) is 25.7 Å². The first kappa shape index (κ1) is 11.2. The van der Waals surface area contributed by atoms with Crippen molar-refractivity contribution in [3.05, 3.63) is 28.4 Å². The fourth-order valence-corrected chi connectivity index (χ4v) is 3.08. The van der Waals surface area contributed by atoms with Crippen molar-refractivity contribution in [2.45, 2.75) is 38.3 Å². The predicted octanol–water partition coefficient (Wildman–Crippen LogP) is 3.41. The zero-order chi connectivity index (χ0) is 11.8. The number of halogens is 1. The van der Waals surface area contributed by atoms with Crippen LogP contribution in [-0.2, 0) is 6.61 Å². The van der Waals surface area contributed by atoms with Gasteiger partial charge in [0, 0.05) is 9.86 Å². The van der Waals surface area contributed by atoms with Crippen LogP contribution in [0.15, 0.2) is 22.7 Å². The molecule has 0 unspecified atom stereocenters. The smallest absolute Gasteiger partial charge is 0.0958 e. The van der Waals surface area contributed by atoms with Crippen LogP contribution in [0.25, 0.3) is 10.9 Å². The maximum atomic E-state index is 9.39. The number of nitrogens with zero attached hydrogens (tertiary/aromatic N) is 2. The Balaban J connectivity index is 2.17. The lowest BCUT2D eigenvalue weighted by molar-refractivity contribution is 0.275. The highest BCUT2D eigenvalue weighted by Gasteiger charge is 2.21. The third-order valence-corrected chi connectivity index (χ3v) is 4.06. The zero-order valence-electron chi connectivity index (χ0n) is 9.56. The number of rotatable bonds is 2. The molecule has 1 aromatic carbocycles. The molecule has 4 heteroatoms. The summed E-state index contributed by atoms with van der Waals surface area (Å²) in [4.78, 5) is 0. The minimum absolute atomic E-state index is 0.00662. The van der Waals surface area contributed by atoms with Crippen molar-refractivity contribution in [3.63, 3.8) is 0 Å². The molecule has 0 spiro atoms. The van der Waals surface area contributed by atoms with Crippen molar-refractivity contribution in [1.29, 1.82) is 0 Å². The van der Waals surface area contributed by atoms with Crippen LogP contribution in [0.1, 0.15) is 37.4 Å². The van der Waals surface area contributed by atoms with Crippen LogP contribution in [0.3, 0.4) is 0 Å². The van der Waals surface area contributed by atoms with Gasteiger partial charge in [0.1, 0.15) is 0 Å². The summed E-state index contributed by atoms with van der Waals surface area (Å²) in [5.74, 6) is 0. The topological polar surface area (TPSA) is 38.1 Å². The van der Waals surface area contributed by atoms with Crippen molar-refractivity contribution in [3.8, 4) is 0 Å². The van der Waals surface area contributed by atoms with Crippen LogP contribution < -0.4 is 0 Å². The highest BCUT2D eigenvalue weighted by molar-refractivity contribution is 9.10. The van der Waals surface area contributed by atoms with Gasteiger partial charge in [-0.3, -0.25) is 4.68 Å². The van der Waals surface area contributed by atoms with Crippen molar-refractivity contribution < 1.29 is 5.11 Å². The molecule has 1 fully saturated rings. The molecule has 0 amide bonds. The third-order valence-electron chi connectivity index (χ3n) is 3.57. The Labute approximate surface area is 109 Å². The van der Waals surface area contributed by atoms with Gasteiger partial charge in [-0.15, -0.1) is 0 Å². The first-order chi connectivity index (χ1) is 8.29.